The molecule has 0 saturated carbocycles. The molecule has 12 heteroatoms. The fourth-order valence-electron chi connectivity index (χ4n) is 8.37. The van der Waals surface area contributed by atoms with E-state index in [-0.39, 0.29) is 41.8 Å². The molecular weight excluding hydrogens is 889 g/mol. The van der Waals surface area contributed by atoms with Crippen molar-refractivity contribution in [3.05, 3.63) is 29.8 Å². The first-order valence-corrected chi connectivity index (χ1v) is 30.6. The molecule has 1 aliphatic heterocycles. The maximum absolute atomic E-state index is 13.0. The van der Waals surface area contributed by atoms with Crippen LogP contribution in [0.25, 0.3) is 0 Å². The SMILES string of the molecule is CCCCCCCCCC(=O)OC(CCCCC1(CCCCC(CSCCCCC)OC(=O)CCCCCCCCC)OCC(CCOS(=O)(=O)c2ccc(C)cc2)O1)CSCCCCC. The third-order valence-electron chi connectivity index (χ3n) is 12.5. The van der Waals surface area contributed by atoms with E-state index in [1.807, 2.05) is 30.4 Å². The fourth-order valence-corrected chi connectivity index (χ4v) is 11.4. The standard InChI is InChI=1S/C54H96O9S3/c1-6-10-14-16-18-20-22-32-52(55)61-49(45-64-42-28-12-8-3)30-24-26-39-54(59-44-48(63-54)38-41-60-66(57,58)51-36-34-47(5)35-37-51)40-27-25-31-50(46-65-43-29-13-9-4)62-53(56)33-23-21-19-17-15-11-7-2/h34-37,48-50H,6-33,38-46H2,1-5H3. The summed E-state index contributed by atoms with van der Waals surface area (Å²) < 4.78 is 56.8. The van der Waals surface area contributed by atoms with Crippen molar-refractivity contribution in [3.8, 4) is 0 Å². The number of esters is 2. The highest BCUT2D eigenvalue weighted by Crippen LogP contribution is 2.36. The molecule has 1 fully saturated rings. The van der Waals surface area contributed by atoms with Crippen LogP contribution >= 0.6 is 23.5 Å². The number of hydrogen-bond acceptors (Lipinski definition) is 11. The van der Waals surface area contributed by atoms with Crippen LogP contribution in [-0.2, 0) is 42.8 Å². The Morgan fingerprint density at radius 2 is 1.06 bits per heavy atom. The summed E-state index contributed by atoms with van der Waals surface area (Å²) in [6, 6.07) is 6.69. The number of aryl methyl sites for hydroxylation is 1. The second-order valence-electron chi connectivity index (χ2n) is 18.9. The normalized spacial score (nSPS) is 17.3. The Labute approximate surface area is 413 Å². The van der Waals surface area contributed by atoms with Gasteiger partial charge in [-0.3, -0.25) is 13.8 Å². The average Bonchev–Trinajstić information content (AvgIpc) is 3.70. The number of unbranched alkanes of at least 4 members (excludes halogenated alkanes) is 18. The summed E-state index contributed by atoms with van der Waals surface area (Å²) in [5, 5.41) is 0. The minimum Gasteiger partial charge on any atom is -0.461 e. The molecule has 0 spiro atoms. The van der Waals surface area contributed by atoms with Gasteiger partial charge in [0.15, 0.2) is 5.79 Å². The van der Waals surface area contributed by atoms with Gasteiger partial charge in [0.1, 0.15) is 12.2 Å². The third kappa shape index (κ3) is 30.3. The molecule has 0 aromatic heterocycles. The number of carbonyl (C=O) groups is 2. The van der Waals surface area contributed by atoms with Crippen molar-refractivity contribution >= 4 is 45.6 Å². The molecule has 2 rings (SSSR count). The van der Waals surface area contributed by atoms with Gasteiger partial charge in [0.25, 0.3) is 10.1 Å². The molecule has 1 aliphatic rings. The molecule has 3 atom stereocenters. The van der Waals surface area contributed by atoms with Crippen LogP contribution in [0.1, 0.15) is 232 Å². The second-order valence-corrected chi connectivity index (χ2v) is 22.8. The molecule has 1 heterocycles. The topological polar surface area (TPSA) is 114 Å². The number of carbonyl (C=O) groups excluding carboxylic acids is 2. The molecule has 1 aromatic rings. The lowest BCUT2D eigenvalue weighted by molar-refractivity contribution is -0.180. The Hall–Kier alpha value is -1.31. The summed E-state index contributed by atoms with van der Waals surface area (Å²) in [4.78, 5) is 26.1. The smallest absolute Gasteiger partial charge is 0.306 e. The first-order valence-electron chi connectivity index (χ1n) is 26.9. The van der Waals surface area contributed by atoms with Crippen LogP contribution in [0.2, 0.25) is 0 Å². The lowest BCUT2D eigenvalue weighted by Gasteiger charge is -2.29. The minimum absolute atomic E-state index is 0.00394. The molecule has 3 unspecified atom stereocenters. The maximum Gasteiger partial charge on any atom is 0.306 e. The Morgan fingerprint density at radius 3 is 1.53 bits per heavy atom. The second kappa shape index (κ2) is 39.4. The molecule has 1 aromatic carbocycles. The highest BCUT2D eigenvalue weighted by Gasteiger charge is 2.40. The Morgan fingerprint density at radius 1 is 0.621 bits per heavy atom. The third-order valence-corrected chi connectivity index (χ3v) is 16.2. The quantitative estimate of drug-likeness (QED) is 0.0353. The van der Waals surface area contributed by atoms with Gasteiger partial charge >= 0.3 is 11.9 Å². The highest BCUT2D eigenvalue weighted by molar-refractivity contribution is 7.99. The van der Waals surface area contributed by atoms with E-state index < -0.39 is 15.9 Å². The zero-order valence-corrected chi connectivity index (χ0v) is 45.1. The van der Waals surface area contributed by atoms with Gasteiger partial charge in [-0.25, -0.2) is 0 Å². The van der Waals surface area contributed by atoms with E-state index in [1.165, 1.54) is 103 Å². The Kier molecular flexibility index (Phi) is 36.3. The summed E-state index contributed by atoms with van der Waals surface area (Å²) in [5.41, 5.74) is 0.982. The zero-order valence-electron chi connectivity index (χ0n) is 42.6. The van der Waals surface area contributed by atoms with Gasteiger partial charge in [0.2, 0.25) is 0 Å². The predicted molar refractivity (Wildman–Crippen MR) is 278 cm³/mol. The van der Waals surface area contributed by atoms with E-state index in [4.69, 9.17) is 23.1 Å². The number of ether oxygens (including phenoxy) is 4. The Balaban J connectivity index is 2.03. The molecule has 0 aliphatic carbocycles. The van der Waals surface area contributed by atoms with Crippen molar-refractivity contribution < 1.29 is 41.1 Å². The summed E-state index contributed by atoms with van der Waals surface area (Å²) in [6.45, 7) is 11.2. The lowest BCUT2D eigenvalue weighted by Crippen LogP contribution is -2.32. The van der Waals surface area contributed by atoms with Gasteiger partial charge < -0.3 is 18.9 Å². The first kappa shape index (κ1) is 60.8. The summed E-state index contributed by atoms with van der Waals surface area (Å²) in [5.74, 6) is 2.86. The van der Waals surface area contributed by atoms with Crippen molar-refractivity contribution in [3.63, 3.8) is 0 Å². The van der Waals surface area contributed by atoms with Crippen LogP contribution in [0.3, 0.4) is 0 Å². The van der Waals surface area contributed by atoms with E-state index >= 15 is 0 Å². The fraction of sp³-hybridized carbons (Fsp3) is 0.852. The van der Waals surface area contributed by atoms with Crippen LogP contribution in [0.5, 0.6) is 0 Å². The molecule has 1 saturated heterocycles. The molecular formula is C54H96O9S3. The van der Waals surface area contributed by atoms with Crippen LogP contribution in [-0.4, -0.2) is 80.7 Å². The maximum atomic E-state index is 13.0. The monoisotopic (exact) mass is 985 g/mol. The van der Waals surface area contributed by atoms with Crippen molar-refractivity contribution in [2.24, 2.45) is 0 Å². The Bertz CT molecular complexity index is 1380. The molecule has 0 bridgehead atoms. The summed E-state index contributed by atoms with van der Waals surface area (Å²) in [7, 11) is -3.88. The van der Waals surface area contributed by atoms with Crippen LogP contribution < -0.4 is 0 Å². The van der Waals surface area contributed by atoms with Crippen molar-refractivity contribution in [1.82, 2.24) is 0 Å². The number of rotatable bonds is 45. The van der Waals surface area contributed by atoms with Crippen molar-refractivity contribution in [2.45, 2.75) is 263 Å². The average molecular weight is 986 g/mol. The first-order chi connectivity index (χ1) is 32.1. The summed E-state index contributed by atoms with van der Waals surface area (Å²) >= 11 is 3.79. The minimum atomic E-state index is -3.88. The van der Waals surface area contributed by atoms with Gasteiger partial charge in [0, 0.05) is 43.6 Å². The van der Waals surface area contributed by atoms with Gasteiger partial charge in [-0.2, -0.15) is 31.9 Å². The van der Waals surface area contributed by atoms with Crippen molar-refractivity contribution in [1.29, 1.82) is 0 Å². The zero-order chi connectivity index (χ0) is 48.0. The van der Waals surface area contributed by atoms with E-state index in [0.717, 1.165) is 92.8 Å². The van der Waals surface area contributed by atoms with Crippen LogP contribution in [0.15, 0.2) is 29.2 Å². The van der Waals surface area contributed by atoms with Gasteiger partial charge in [-0.15, -0.1) is 0 Å². The molecule has 0 N–H and O–H groups in total. The molecule has 66 heavy (non-hydrogen) atoms. The van der Waals surface area contributed by atoms with Gasteiger partial charge in [-0.1, -0.05) is 148 Å². The van der Waals surface area contributed by atoms with E-state index in [1.54, 1.807) is 24.3 Å². The lowest BCUT2D eigenvalue weighted by atomic mass is 9.99. The van der Waals surface area contributed by atoms with E-state index in [9.17, 15) is 18.0 Å². The van der Waals surface area contributed by atoms with Gasteiger partial charge in [-0.05, 0) is 94.8 Å². The summed E-state index contributed by atoms with van der Waals surface area (Å²) in [6.07, 6.45) is 30.9. The molecule has 0 amide bonds. The van der Waals surface area contributed by atoms with E-state index in [0.29, 0.717) is 38.7 Å². The number of thioether (sulfide) groups is 2. The number of hydrogen-bond donors (Lipinski definition) is 0. The van der Waals surface area contributed by atoms with Crippen LogP contribution in [0.4, 0.5) is 0 Å². The van der Waals surface area contributed by atoms with Crippen LogP contribution in [0, 0.1) is 6.92 Å². The number of benzene rings is 1. The van der Waals surface area contributed by atoms with Gasteiger partial charge in [0.05, 0.1) is 24.2 Å². The highest BCUT2D eigenvalue weighted by atomic mass is 32.2. The molecule has 0 radical (unpaired) electrons. The predicted octanol–water partition coefficient (Wildman–Crippen LogP) is 15.3. The molecule has 384 valence electrons. The largest absolute Gasteiger partial charge is 0.461 e. The van der Waals surface area contributed by atoms with Crippen molar-refractivity contribution in [2.75, 3.05) is 36.2 Å². The van der Waals surface area contributed by atoms with E-state index in [2.05, 4.69) is 27.7 Å². The molecule has 9 nitrogen and oxygen atoms in total.